The number of hydrogen-bond acceptors (Lipinski definition) is 4. The van der Waals surface area contributed by atoms with Gasteiger partial charge in [0.15, 0.2) is 17.3 Å². The zero-order valence-corrected chi connectivity index (χ0v) is 18.9. The maximum absolute atomic E-state index is 12.7. The number of fused-ring (bicyclic) bond motifs is 1. The van der Waals surface area contributed by atoms with Crippen molar-refractivity contribution in [3.05, 3.63) is 107 Å². The third kappa shape index (κ3) is 5.18. The molecule has 33 heavy (non-hydrogen) atoms. The predicted octanol–water partition coefficient (Wildman–Crippen LogP) is 7.07. The van der Waals surface area contributed by atoms with Gasteiger partial charge in [0, 0.05) is 16.0 Å². The van der Waals surface area contributed by atoms with Crippen molar-refractivity contribution in [1.82, 2.24) is 0 Å². The van der Waals surface area contributed by atoms with Gasteiger partial charge in [-0.1, -0.05) is 72.3 Å². The number of carbonyl (C=O) groups excluding carboxylic acids is 1. The molecule has 0 atom stereocenters. The summed E-state index contributed by atoms with van der Waals surface area (Å²) in [5.74, 6) is 0.872. The van der Waals surface area contributed by atoms with E-state index in [1.165, 1.54) is 6.08 Å². The molecule has 0 aliphatic heterocycles. The van der Waals surface area contributed by atoms with Crippen LogP contribution >= 0.6 is 11.6 Å². The summed E-state index contributed by atoms with van der Waals surface area (Å²) in [4.78, 5) is 12.7. The number of carbonyl (C=O) groups is 1. The molecular weight excluding hydrogens is 436 g/mol. The molecule has 0 amide bonds. The van der Waals surface area contributed by atoms with Crippen LogP contribution in [0.3, 0.4) is 0 Å². The smallest absolute Gasteiger partial charge is 0.189 e. The summed E-state index contributed by atoms with van der Waals surface area (Å²) in [5, 5.41) is 12.7. The summed E-state index contributed by atoms with van der Waals surface area (Å²) in [6.45, 7) is 2.68. The third-order valence-corrected chi connectivity index (χ3v) is 5.57. The molecule has 4 rings (SSSR count). The SMILES string of the molecule is CCOc1cc(C=CC(=O)c2ccc3ccccc3c2O)ccc1OCc1ccccc1Cl. The van der Waals surface area contributed by atoms with Gasteiger partial charge in [-0.3, -0.25) is 4.79 Å². The van der Waals surface area contributed by atoms with Gasteiger partial charge >= 0.3 is 0 Å². The molecule has 1 N–H and O–H groups in total. The molecule has 4 aromatic carbocycles. The van der Waals surface area contributed by atoms with E-state index in [0.717, 1.165) is 16.5 Å². The first-order valence-electron chi connectivity index (χ1n) is 10.6. The lowest BCUT2D eigenvalue weighted by Crippen LogP contribution is -2.00. The highest BCUT2D eigenvalue weighted by Crippen LogP contribution is 2.32. The molecule has 0 saturated carbocycles. The topological polar surface area (TPSA) is 55.8 Å². The molecule has 166 valence electrons. The summed E-state index contributed by atoms with van der Waals surface area (Å²) in [6, 6.07) is 23.8. The van der Waals surface area contributed by atoms with Gasteiger partial charge in [-0.05, 0) is 48.2 Å². The van der Waals surface area contributed by atoms with Crippen molar-refractivity contribution < 1.29 is 19.4 Å². The summed E-state index contributed by atoms with van der Waals surface area (Å²) < 4.78 is 11.7. The highest BCUT2D eigenvalue weighted by Gasteiger charge is 2.12. The van der Waals surface area contributed by atoms with Crippen LogP contribution in [0.4, 0.5) is 0 Å². The molecule has 0 aromatic heterocycles. The van der Waals surface area contributed by atoms with Crippen LogP contribution in [-0.4, -0.2) is 17.5 Å². The van der Waals surface area contributed by atoms with E-state index in [1.807, 2.05) is 67.6 Å². The molecule has 0 unspecified atom stereocenters. The number of ether oxygens (including phenoxy) is 2. The standard InChI is InChI=1S/C28H23ClO4/c1-2-32-27-17-19(12-16-26(27)33-18-21-8-4-6-10-24(21)29)11-15-25(30)23-14-13-20-7-3-5-9-22(20)28(23)31/h3-17,31H,2,18H2,1H3. The van der Waals surface area contributed by atoms with Crippen LogP contribution in [-0.2, 0) is 6.61 Å². The number of phenolic OH excluding ortho intramolecular Hbond substituents is 1. The van der Waals surface area contributed by atoms with Crippen molar-refractivity contribution in [2.24, 2.45) is 0 Å². The Morgan fingerprint density at radius 1 is 0.939 bits per heavy atom. The van der Waals surface area contributed by atoms with Crippen molar-refractivity contribution in [2.45, 2.75) is 13.5 Å². The van der Waals surface area contributed by atoms with Gasteiger partial charge in [-0.25, -0.2) is 0 Å². The van der Waals surface area contributed by atoms with E-state index < -0.39 is 0 Å². The highest BCUT2D eigenvalue weighted by atomic mass is 35.5. The van der Waals surface area contributed by atoms with E-state index >= 15 is 0 Å². The largest absolute Gasteiger partial charge is 0.507 e. The van der Waals surface area contributed by atoms with Crippen LogP contribution in [0.25, 0.3) is 16.8 Å². The molecule has 0 saturated heterocycles. The van der Waals surface area contributed by atoms with E-state index in [2.05, 4.69) is 0 Å². The van der Waals surface area contributed by atoms with Crippen LogP contribution < -0.4 is 9.47 Å². The Bertz CT molecular complexity index is 1330. The minimum atomic E-state index is -0.282. The quantitative estimate of drug-likeness (QED) is 0.226. The lowest BCUT2D eigenvalue weighted by molar-refractivity contribution is 0.104. The molecular formula is C28H23ClO4. The molecule has 0 heterocycles. The number of benzene rings is 4. The summed E-state index contributed by atoms with van der Waals surface area (Å²) in [7, 11) is 0. The first kappa shape index (κ1) is 22.4. The molecule has 0 aliphatic carbocycles. The fraction of sp³-hybridized carbons (Fsp3) is 0.107. The second-order valence-corrected chi connectivity index (χ2v) is 7.81. The van der Waals surface area contributed by atoms with E-state index in [9.17, 15) is 9.90 Å². The fourth-order valence-electron chi connectivity index (χ4n) is 3.50. The van der Waals surface area contributed by atoms with E-state index in [0.29, 0.717) is 35.1 Å². The van der Waals surface area contributed by atoms with Gasteiger partial charge < -0.3 is 14.6 Å². The van der Waals surface area contributed by atoms with Gasteiger partial charge in [0.1, 0.15) is 12.4 Å². The summed E-state index contributed by atoms with van der Waals surface area (Å²) in [6.07, 6.45) is 3.14. The number of phenols is 1. The van der Waals surface area contributed by atoms with Crippen molar-refractivity contribution in [3.8, 4) is 17.2 Å². The molecule has 0 aliphatic rings. The molecule has 0 fully saturated rings. The Kier molecular flexibility index (Phi) is 6.96. The van der Waals surface area contributed by atoms with Crippen LogP contribution in [0.15, 0.2) is 84.9 Å². The van der Waals surface area contributed by atoms with E-state index in [-0.39, 0.29) is 17.1 Å². The molecule has 0 bridgehead atoms. The first-order chi connectivity index (χ1) is 16.1. The van der Waals surface area contributed by atoms with E-state index in [4.69, 9.17) is 21.1 Å². The lowest BCUT2D eigenvalue weighted by Gasteiger charge is -2.13. The number of rotatable bonds is 8. The van der Waals surface area contributed by atoms with Crippen molar-refractivity contribution in [3.63, 3.8) is 0 Å². The van der Waals surface area contributed by atoms with Gasteiger partial charge in [0.2, 0.25) is 0 Å². The zero-order valence-electron chi connectivity index (χ0n) is 18.1. The third-order valence-electron chi connectivity index (χ3n) is 5.20. The Balaban J connectivity index is 1.53. The van der Waals surface area contributed by atoms with Crippen molar-refractivity contribution >= 4 is 34.2 Å². The first-order valence-corrected chi connectivity index (χ1v) is 11.0. The van der Waals surface area contributed by atoms with Crippen LogP contribution in [0, 0.1) is 0 Å². The Hall–Kier alpha value is -3.76. The number of ketones is 1. The van der Waals surface area contributed by atoms with Gasteiger partial charge in [-0.2, -0.15) is 0 Å². The number of aromatic hydroxyl groups is 1. The Morgan fingerprint density at radius 3 is 2.55 bits per heavy atom. The number of halogens is 1. The maximum Gasteiger partial charge on any atom is 0.189 e. The second kappa shape index (κ2) is 10.2. The second-order valence-electron chi connectivity index (χ2n) is 7.40. The van der Waals surface area contributed by atoms with Gasteiger partial charge in [-0.15, -0.1) is 0 Å². The van der Waals surface area contributed by atoms with Crippen LogP contribution in [0.1, 0.15) is 28.4 Å². The Morgan fingerprint density at radius 2 is 1.73 bits per heavy atom. The van der Waals surface area contributed by atoms with Crippen molar-refractivity contribution in [2.75, 3.05) is 6.61 Å². The molecule has 4 nitrogen and oxygen atoms in total. The van der Waals surface area contributed by atoms with Gasteiger partial charge in [0.05, 0.1) is 12.2 Å². The summed E-state index contributed by atoms with van der Waals surface area (Å²) >= 11 is 6.21. The van der Waals surface area contributed by atoms with E-state index in [1.54, 1.807) is 24.3 Å². The molecule has 5 heteroatoms. The Labute approximate surface area is 197 Å². The lowest BCUT2D eigenvalue weighted by atomic mass is 10.0. The normalized spacial score (nSPS) is 11.1. The van der Waals surface area contributed by atoms with Crippen LogP contribution in [0.2, 0.25) is 5.02 Å². The van der Waals surface area contributed by atoms with Crippen LogP contribution in [0.5, 0.6) is 17.2 Å². The molecule has 0 spiro atoms. The predicted molar refractivity (Wildman–Crippen MR) is 132 cm³/mol. The highest BCUT2D eigenvalue weighted by molar-refractivity contribution is 6.31. The average Bonchev–Trinajstić information content (AvgIpc) is 2.83. The fourth-order valence-corrected chi connectivity index (χ4v) is 3.69. The minimum absolute atomic E-state index is 0.0129. The number of allylic oxidation sites excluding steroid dienone is 1. The average molecular weight is 459 g/mol. The maximum atomic E-state index is 12.7. The minimum Gasteiger partial charge on any atom is -0.507 e. The van der Waals surface area contributed by atoms with Gasteiger partial charge in [0.25, 0.3) is 0 Å². The zero-order chi connectivity index (χ0) is 23.2. The molecule has 0 radical (unpaired) electrons. The monoisotopic (exact) mass is 458 g/mol. The summed E-state index contributed by atoms with van der Waals surface area (Å²) in [5.41, 5.74) is 1.92. The van der Waals surface area contributed by atoms with Crippen molar-refractivity contribution in [1.29, 1.82) is 0 Å². The molecule has 4 aromatic rings. The number of hydrogen-bond donors (Lipinski definition) is 1.